The molecular weight excluding hydrogens is 493 g/mol. The Bertz CT molecular complexity index is 946. The lowest BCUT2D eigenvalue weighted by Crippen LogP contribution is -2.52. The van der Waals surface area contributed by atoms with E-state index in [-0.39, 0.29) is 24.0 Å². The summed E-state index contributed by atoms with van der Waals surface area (Å²) in [5.41, 5.74) is 3.26. The molecular formula is C21H30IN7O. The Balaban J connectivity index is 0.00000256. The van der Waals surface area contributed by atoms with Crippen LogP contribution in [0, 0.1) is 6.92 Å². The second-order valence-corrected chi connectivity index (χ2v) is 7.38. The lowest BCUT2D eigenvalue weighted by atomic mass is 10.3. The number of guanidine groups is 1. The van der Waals surface area contributed by atoms with Crippen molar-refractivity contribution in [2.45, 2.75) is 26.4 Å². The zero-order chi connectivity index (χ0) is 20.1. The number of hydrogen-bond acceptors (Lipinski definition) is 5. The van der Waals surface area contributed by atoms with Crippen molar-refractivity contribution in [1.29, 1.82) is 0 Å². The van der Waals surface area contributed by atoms with E-state index in [0.717, 1.165) is 75.2 Å². The van der Waals surface area contributed by atoms with E-state index >= 15 is 0 Å². The highest BCUT2D eigenvalue weighted by Gasteiger charge is 2.20. The van der Waals surface area contributed by atoms with Crippen LogP contribution in [0.2, 0.25) is 0 Å². The zero-order valence-corrected chi connectivity index (χ0v) is 20.0. The standard InChI is InChI=1S/C21H29N7O.HI/c1-17-24-19-6-3-4-7-20(19)28(17)10-5-9-23-21(22-2)27-13-11-26(12-14-27)16-18-8-15-29-25-18;/h3-4,6-8,15H,5,9-14,16H2,1-2H3,(H,22,23);1H. The van der Waals surface area contributed by atoms with Gasteiger partial charge in [-0.3, -0.25) is 9.89 Å². The molecule has 1 aliphatic heterocycles. The number of hydrogen-bond donors (Lipinski definition) is 1. The summed E-state index contributed by atoms with van der Waals surface area (Å²) in [6.45, 7) is 8.66. The molecule has 3 aromatic rings. The van der Waals surface area contributed by atoms with Crippen molar-refractivity contribution in [3.05, 3.63) is 48.1 Å². The Morgan fingerprint density at radius 3 is 2.70 bits per heavy atom. The first-order valence-corrected chi connectivity index (χ1v) is 10.2. The molecule has 0 saturated carbocycles. The molecule has 0 atom stereocenters. The van der Waals surface area contributed by atoms with E-state index in [1.807, 2.05) is 19.2 Å². The molecule has 1 N–H and O–H groups in total. The Hall–Kier alpha value is -2.14. The quantitative estimate of drug-likeness (QED) is 0.232. The number of fused-ring (bicyclic) bond motifs is 1. The first kappa shape index (κ1) is 22.5. The SMILES string of the molecule is CN=C(NCCCn1c(C)nc2ccccc21)N1CCN(Cc2ccon2)CC1.I. The molecule has 1 aliphatic rings. The van der Waals surface area contributed by atoms with E-state index in [4.69, 9.17) is 4.52 Å². The van der Waals surface area contributed by atoms with Crippen molar-refractivity contribution >= 4 is 41.0 Å². The van der Waals surface area contributed by atoms with Gasteiger partial charge in [0.2, 0.25) is 0 Å². The fourth-order valence-electron chi connectivity index (χ4n) is 3.91. The maximum Gasteiger partial charge on any atom is 0.193 e. The highest BCUT2D eigenvalue weighted by molar-refractivity contribution is 14.0. The van der Waals surface area contributed by atoms with Gasteiger partial charge < -0.3 is 19.3 Å². The first-order chi connectivity index (χ1) is 14.2. The van der Waals surface area contributed by atoms with Crippen LogP contribution in [-0.4, -0.2) is 70.2 Å². The minimum atomic E-state index is 0. The van der Waals surface area contributed by atoms with Gasteiger partial charge in [-0.2, -0.15) is 0 Å². The van der Waals surface area contributed by atoms with Crippen molar-refractivity contribution in [2.75, 3.05) is 39.8 Å². The molecule has 1 fully saturated rings. The molecule has 0 unspecified atom stereocenters. The van der Waals surface area contributed by atoms with Crippen LogP contribution >= 0.6 is 24.0 Å². The van der Waals surface area contributed by atoms with Gasteiger partial charge in [0.05, 0.1) is 16.7 Å². The van der Waals surface area contributed by atoms with Gasteiger partial charge in [0, 0.05) is 58.9 Å². The predicted molar refractivity (Wildman–Crippen MR) is 129 cm³/mol. The largest absolute Gasteiger partial charge is 0.364 e. The van der Waals surface area contributed by atoms with Crippen molar-refractivity contribution in [1.82, 2.24) is 29.8 Å². The van der Waals surface area contributed by atoms with Gasteiger partial charge in [0.1, 0.15) is 12.1 Å². The summed E-state index contributed by atoms with van der Waals surface area (Å²) in [4.78, 5) is 13.9. The maximum atomic E-state index is 4.92. The van der Waals surface area contributed by atoms with Gasteiger partial charge in [-0.1, -0.05) is 17.3 Å². The van der Waals surface area contributed by atoms with Crippen LogP contribution < -0.4 is 5.32 Å². The Kier molecular flexibility index (Phi) is 8.08. The topological polar surface area (TPSA) is 74.7 Å². The molecule has 162 valence electrons. The van der Waals surface area contributed by atoms with E-state index in [2.05, 4.69) is 59.9 Å². The summed E-state index contributed by atoms with van der Waals surface area (Å²) in [5, 5.41) is 7.53. The number of aliphatic imine (C=N–C) groups is 1. The molecule has 2 aromatic heterocycles. The van der Waals surface area contributed by atoms with Crippen LogP contribution in [-0.2, 0) is 13.1 Å². The Morgan fingerprint density at radius 1 is 1.17 bits per heavy atom. The number of benzene rings is 1. The molecule has 30 heavy (non-hydrogen) atoms. The molecule has 1 aromatic carbocycles. The van der Waals surface area contributed by atoms with Crippen LogP contribution in [0.1, 0.15) is 17.9 Å². The highest BCUT2D eigenvalue weighted by atomic mass is 127. The number of piperazine rings is 1. The molecule has 4 rings (SSSR count). The minimum Gasteiger partial charge on any atom is -0.364 e. The van der Waals surface area contributed by atoms with E-state index in [1.165, 1.54) is 5.52 Å². The third kappa shape index (κ3) is 5.31. The predicted octanol–water partition coefficient (Wildman–Crippen LogP) is 2.73. The molecule has 0 bridgehead atoms. The fourth-order valence-corrected chi connectivity index (χ4v) is 3.91. The van der Waals surface area contributed by atoms with Crippen LogP contribution in [0.5, 0.6) is 0 Å². The number of halogens is 1. The second kappa shape index (κ2) is 10.8. The van der Waals surface area contributed by atoms with E-state index in [1.54, 1.807) is 6.26 Å². The summed E-state index contributed by atoms with van der Waals surface area (Å²) in [6, 6.07) is 10.2. The van der Waals surface area contributed by atoms with Crippen molar-refractivity contribution in [3.63, 3.8) is 0 Å². The molecule has 3 heterocycles. The number of nitrogens with zero attached hydrogens (tertiary/aromatic N) is 6. The molecule has 9 heteroatoms. The normalized spacial score (nSPS) is 15.4. The Morgan fingerprint density at radius 2 is 1.97 bits per heavy atom. The van der Waals surface area contributed by atoms with Crippen LogP contribution in [0.3, 0.4) is 0 Å². The number of imidazole rings is 1. The number of para-hydroxylation sites is 2. The molecule has 0 amide bonds. The summed E-state index contributed by atoms with van der Waals surface area (Å²) in [6.07, 6.45) is 2.65. The first-order valence-electron chi connectivity index (χ1n) is 10.2. The Labute approximate surface area is 194 Å². The van der Waals surface area contributed by atoms with Crippen molar-refractivity contribution < 1.29 is 4.52 Å². The lowest BCUT2D eigenvalue weighted by molar-refractivity contribution is 0.169. The van der Waals surface area contributed by atoms with Crippen molar-refractivity contribution in [2.24, 2.45) is 4.99 Å². The molecule has 0 radical (unpaired) electrons. The van der Waals surface area contributed by atoms with E-state index < -0.39 is 0 Å². The average Bonchev–Trinajstić information content (AvgIpc) is 3.36. The number of nitrogens with one attached hydrogen (secondary N) is 1. The monoisotopic (exact) mass is 523 g/mol. The maximum absolute atomic E-state index is 4.92. The molecule has 0 spiro atoms. The highest BCUT2D eigenvalue weighted by Crippen LogP contribution is 2.15. The third-order valence-corrected chi connectivity index (χ3v) is 5.45. The van der Waals surface area contributed by atoms with Gasteiger partial charge in [-0.25, -0.2) is 4.98 Å². The zero-order valence-electron chi connectivity index (χ0n) is 17.6. The second-order valence-electron chi connectivity index (χ2n) is 7.38. The fraction of sp³-hybridized carbons (Fsp3) is 0.476. The molecule has 0 aliphatic carbocycles. The number of rotatable bonds is 6. The third-order valence-electron chi connectivity index (χ3n) is 5.45. The van der Waals surface area contributed by atoms with Crippen LogP contribution in [0.4, 0.5) is 0 Å². The van der Waals surface area contributed by atoms with E-state index in [0.29, 0.717) is 0 Å². The van der Waals surface area contributed by atoms with Gasteiger partial charge in [0.25, 0.3) is 0 Å². The van der Waals surface area contributed by atoms with Gasteiger partial charge in [0.15, 0.2) is 5.96 Å². The summed E-state index contributed by atoms with van der Waals surface area (Å²) >= 11 is 0. The number of aromatic nitrogens is 3. The average molecular weight is 523 g/mol. The molecule has 8 nitrogen and oxygen atoms in total. The summed E-state index contributed by atoms with van der Waals surface area (Å²) in [7, 11) is 1.86. The van der Waals surface area contributed by atoms with Gasteiger partial charge >= 0.3 is 0 Å². The van der Waals surface area contributed by atoms with Gasteiger partial charge in [-0.05, 0) is 25.5 Å². The van der Waals surface area contributed by atoms with Crippen LogP contribution in [0.15, 0.2) is 46.1 Å². The molecule has 1 saturated heterocycles. The summed E-state index contributed by atoms with van der Waals surface area (Å²) in [5.74, 6) is 2.05. The van der Waals surface area contributed by atoms with Gasteiger partial charge in [-0.15, -0.1) is 24.0 Å². The summed E-state index contributed by atoms with van der Waals surface area (Å²) < 4.78 is 7.22. The smallest absolute Gasteiger partial charge is 0.193 e. The lowest BCUT2D eigenvalue weighted by Gasteiger charge is -2.36. The van der Waals surface area contributed by atoms with Crippen LogP contribution in [0.25, 0.3) is 11.0 Å². The van der Waals surface area contributed by atoms with Crippen molar-refractivity contribution in [3.8, 4) is 0 Å². The minimum absolute atomic E-state index is 0. The number of aryl methyl sites for hydroxylation is 2. The van der Waals surface area contributed by atoms with E-state index in [9.17, 15) is 0 Å².